The molecule has 0 aliphatic carbocycles. The summed E-state index contributed by atoms with van der Waals surface area (Å²) in [4.78, 5) is 0. The van der Waals surface area contributed by atoms with Crippen LogP contribution in [0.3, 0.4) is 0 Å². The summed E-state index contributed by atoms with van der Waals surface area (Å²) in [5.41, 5.74) is 1.79. The molecule has 0 heterocycles. The van der Waals surface area contributed by atoms with Crippen molar-refractivity contribution in [2.75, 3.05) is 19.0 Å². The van der Waals surface area contributed by atoms with Crippen LogP contribution < -0.4 is 14.8 Å². The summed E-state index contributed by atoms with van der Waals surface area (Å²) in [6.45, 7) is 3.02. The normalized spacial score (nSPS) is 10.3. The highest BCUT2D eigenvalue weighted by Crippen LogP contribution is 2.30. The number of nitrogens with one attached hydrogen (secondary N) is 1. The molecule has 0 amide bonds. The topological polar surface area (TPSA) is 30.5 Å². The van der Waals surface area contributed by atoms with Gasteiger partial charge in [-0.3, -0.25) is 0 Å². The first-order valence-corrected chi connectivity index (χ1v) is 7.00. The minimum Gasteiger partial charge on any atom is -0.493 e. The number of hydrogen-bond donors (Lipinski definition) is 1. The Morgan fingerprint density at radius 1 is 1.14 bits per heavy atom. The van der Waals surface area contributed by atoms with Crippen molar-refractivity contribution in [3.8, 4) is 11.5 Å². The van der Waals surface area contributed by atoms with Crippen molar-refractivity contribution >= 4 is 17.3 Å². The number of hydrogen-bond acceptors (Lipinski definition) is 3. The molecule has 112 valence electrons. The zero-order valence-corrected chi connectivity index (χ0v) is 12.7. The molecule has 2 aromatic carbocycles. The quantitative estimate of drug-likeness (QED) is 0.852. The van der Waals surface area contributed by atoms with Gasteiger partial charge >= 0.3 is 0 Å². The molecule has 0 bridgehead atoms. The number of halogens is 2. The lowest BCUT2D eigenvalue weighted by atomic mass is 10.2. The van der Waals surface area contributed by atoms with E-state index in [-0.39, 0.29) is 5.02 Å². The molecule has 3 nitrogen and oxygen atoms in total. The number of ether oxygens (including phenoxy) is 2. The second kappa shape index (κ2) is 7.18. The Balaban J connectivity index is 2.08. The lowest BCUT2D eigenvalue weighted by Crippen LogP contribution is -2.01. The maximum absolute atomic E-state index is 13.1. The van der Waals surface area contributed by atoms with Gasteiger partial charge in [0.15, 0.2) is 11.5 Å². The summed E-state index contributed by atoms with van der Waals surface area (Å²) in [5, 5.41) is 3.37. The van der Waals surface area contributed by atoms with Crippen molar-refractivity contribution in [3.63, 3.8) is 0 Å². The molecule has 2 rings (SSSR count). The Hall–Kier alpha value is -1.94. The lowest BCUT2D eigenvalue weighted by Gasteiger charge is -2.12. The fourth-order valence-electron chi connectivity index (χ4n) is 1.91. The molecule has 0 aliphatic heterocycles. The van der Waals surface area contributed by atoms with E-state index in [9.17, 15) is 4.39 Å². The monoisotopic (exact) mass is 309 g/mol. The highest BCUT2D eigenvalue weighted by atomic mass is 35.5. The molecule has 21 heavy (non-hydrogen) atoms. The van der Waals surface area contributed by atoms with E-state index in [1.165, 1.54) is 6.07 Å². The Kier molecular flexibility index (Phi) is 5.28. The van der Waals surface area contributed by atoms with E-state index in [4.69, 9.17) is 21.1 Å². The van der Waals surface area contributed by atoms with E-state index >= 15 is 0 Å². The van der Waals surface area contributed by atoms with E-state index in [2.05, 4.69) is 5.32 Å². The van der Waals surface area contributed by atoms with Crippen LogP contribution in [-0.4, -0.2) is 13.7 Å². The minimum absolute atomic E-state index is 0.124. The zero-order chi connectivity index (χ0) is 15.2. The van der Waals surface area contributed by atoms with Gasteiger partial charge in [0.05, 0.1) is 18.7 Å². The molecule has 5 heteroatoms. The predicted molar refractivity (Wildman–Crippen MR) is 82.9 cm³/mol. The van der Waals surface area contributed by atoms with E-state index in [1.807, 2.05) is 25.1 Å². The van der Waals surface area contributed by atoms with Crippen molar-refractivity contribution in [2.24, 2.45) is 0 Å². The lowest BCUT2D eigenvalue weighted by molar-refractivity contribution is 0.311. The van der Waals surface area contributed by atoms with Crippen LogP contribution in [0.5, 0.6) is 11.5 Å². The van der Waals surface area contributed by atoms with Gasteiger partial charge in [0.2, 0.25) is 0 Å². The van der Waals surface area contributed by atoms with Gasteiger partial charge in [0, 0.05) is 18.3 Å². The van der Waals surface area contributed by atoms with Gasteiger partial charge in [-0.05, 0) is 36.8 Å². The molecule has 0 atom stereocenters. The van der Waals surface area contributed by atoms with Gasteiger partial charge in [0.25, 0.3) is 0 Å². The SMILES string of the molecule is CCOc1cc(NCc2ccc(F)c(Cl)c2)ccc1OC. The van der Waals surface area contributed by atoms with E-state index < -0.39 is 5.82 Å². The molecule has 0 saturated carbocycles. The smallest absolute Gasteiger partial charge is 0.163 e. The third-order valence-electron chi connectivity index (χ3n) is 2.94. The van der Waals surface area contributed by atoms with Crippen LogP contribution >= 0.6 is 11.6 Å². The molecule has 0 aromatic heterocycles. The van der Waals surface area contributed by atoms with Gasteiger partial charge in [-0.2, -0.15) is 0 Å². The van der Waals surface area contributed by atoms with Gasteiger partial charge in [-0.1, -0.05) is 17.7 Å². The molecule has 0 unspecified atom stereocenters. The zero-order valence-electron chi connectivity index (χ0n) is 12.0. The molecular weight excluding hydrogens is 293 g/mol. The number of rotatable bonds is 6. The Bertz CT molecular complexity index is 619. The summed E-state index contributed by atoms with van der Waals surface area (Å²) in [5.74, 6) is 0.956. The van der Waals surface area contributed by atoms with E-state index in [1.54, 1.807) is 19.2 Å². The molecule has 0 spiro atoms. The largest absolute Gasteiger partial charge is 0.493 e. The van der Waals surface area contributed by atoms with Gasteiger partial charge < -0.3 is 14.8 Å². The minimum atomic E-state index is -0.413. The maximum Gasteiger partial charge on any atom is 0.163 e. The molecule has 0 aliphatic rings. The summed E-state index contributed by atoms with van der Waals surface area (Å²) in [6.07, 6.45) is 0. The average molecular weight is 310 g/mol. The third kappa shape index (κ3) is 4.02. The van der Waals surface area contributed by atoms with Crippen molar-refractivity contribution < 1.29 is 13.9 Å². The first kappa shape index (κ1) is 15.4. The van der Waals surface area contributed by atoms with Gasteiger partial charge in [-0.25, -0.2) is 4.39 Å². The standard InChI is InChI=1S/C16H17ClFNO2/c1-3-21-16-9-12(5-7-15(16)20-2)19-10-11-4-6-14(18)13(17)8-11/h4-9,19H,3,10H2,1-2H3. The van der Waals surface area contributed by atoms with Crippen LogP contribution in [0.2, 0.25) is 5.02 Å². The van der Waals surface area contributed by atoms with Crippen LogP contribution in [0.4, 0.5) is 10.1 Å². The third-order valence-corrected chi connectivity index (χ3v) is 3.23. The highest BCUT2D eigenvalue weighted by Gasteiger charge is 2.06. The van der Waals surface area contributed by atoms with Crippen molar-refractivity contribution in [1.82, 2.24) is 0 Å². The number of benzene rings is 2. The van der Waals surface area contributed by atoms with E-state index in [0.29, 0.717) is 24.7 Å². The molecule has 1 N–H and O–H groups in total. The molecule has 0 saturated heterocycles. The second-order valence-electron chi connectivity index (χ2n) is 4.40. The first-order valence-electron chi connectivity index (χ1n) is 6.62. The molecule has 0 radical (unpaired) electrons. The first-order chi connectivity index (χ1) is 10.1. The Morgan fingerprint density at radius 2 is 1.95 bits per heavy atom. The van der Waals surface area contributed by atoms with Gasteiger partial charge in [-0.15, -0.1) is 0 Å². The second-order valence-corrected chi connectivity index (χ2v) is 4.81. The van der Waals surface area contributed by atoms with Crippen LogP contribution in [0.25, 0.3) is 0 Å². The van der Waals surface area contributed by atoms with Crippen molar-refractivity contribution in [1.29, 1.82) is 0 Å². The van der Waals surface area contributed by atoms with Crippen LogP contribution in [0, 0.1) is 5.82 Å². The Morgan fingerprint density at radius 3 is 2.62 bits per heavy atom. The van der Waals surface area contributed by atoms with Crippen LogP contribution in [0.15, 0.2) is 36.4 Å². The number of anilines is 1. The summed E-state index contributed by atoms with van der Waals surface area (Å²) in [7, 11) is 1.60. The maximum atomic E-state index is 13.1. The predicted octanol–water partition coefficient (Wildman–Crippen LogP) is 4.50. The molecule has 2 aromatic rings. The fraction of sp³-hybridized carbons (Fsp3) is 0.250. The average Bonchev–Trinajstić information content (AvgIpc) is 2.49. The van der Waals surface area contributed by atoms with E-state index in [0.717, 1.165) is 11.3 Å². The highest BCUT2D eigenvalue weighted by molar-refractivity contribution is 6.30. The van der Waals surface area contributed by atoms with Crippen molar-refractivity contribution in [2.45, 2.75) is 13.5 Å². The molecular formula is C16H17ClFNO2. The summed E-state index contributed by atoms with van der Waals surface area (Å²) < 4.78 is 23.9. The fourth-order valence-corrected chi connectivity index (χ4v) is 2.11. The Labute approximate surface area is 128 Å². The summed E-state index contributed by atoms with van der Waals surface area (Å²) in [6, 6.07) is 10.3. The molecule has 0 fully saturated rings. The van der Waals surface area contributed by atoms with Crippen LogP contribution in [-0.2, 0) is 6.54 Å². The van der Waals surface area contributed by atoms with Crippen LogP contribution in [0.1, 0.15) is 12.5 Å². The van der Waals surface area contributed by atoms with Crippen molar-refractivity contribution in [3.05, 3.63) is 52.8 Å². The summed E-state index contributed by atoms with van der Waals surface area (Å²) >= 11 is 5.76. The van der Waals surface area contributed by atoms with Gasteiger partial charge in [0.1, 0.15) is 5.82 Å². The number of methoxy groups -OCH3 is 1.